The first-order valence-corrected chi connectivity index (χ1v) is 15.3. The van der Waals surface area contributed by atoms with Crippen molar-refractivity contribution < 1.29 is 32.3 Å². The van der Waals surface area contributed by atoms with Crippen molar-refractivity contribution in [2.75, 3.05) is 15.5 Å². The maximum absolute atomic E-state index is 15.3. The number of phenolic OH excluding ortho intramolecular Hbond substituents is 1. The summed E-state index contributed by atoms with van der Waals surface area (Å²) in [6, 6.07) is 21.0. The smallest absolute Gasteiger partial charge is 0.420 e. The van der Waals surface area contributed by atoms with Gasteiger partial charge in [0.15, 0.2) is 0 Å². The van der Waals surface area contributed by atoms with Crippen molar-refractivity contribution in [1.29, 1.82) is 0 Å². The van der Waals surface area contributed by atoms with Gasteiger partial charge in [0.1, 0.15) is 11.6 Å². The first-order chi connectivity index (χ1) is 22.0. The average Bonchev–Trinajstić information content (AvgIpc) is 3.54. The summed E-state index contributed by atoms with van der Waals surface area (Å²) >= 11 is 0. The van der Waals surface area contributed by atoms with Crippen LogP contribution in [-0.4, -0.2) is 23.0 Å². The highest BCUT2D eigenvalue weighted by molar-refractivity contribution is 6.09. The zero-order chi connectivity index (χ0) is 32.6. The number of rotatable bonds is 6. The number of halogens is 4. The standard InChI is InChI=1S/C36H33F4N3O3/c1-21-7-6-11-29(37)32(21)35(46)43-30-12-5-2-8-23(30)19-27(34(45)42-26-17-18-31(44)28(20-26)36(38,39)40)33(43)22-13-15-25(16-14-22)41-24-9-3-4-10-24/h2,5-8,11-18,20,24,27,33,41,44H,3-4,9-10,19H2,1H3,(H,42,45)/t27-,33-/m0/s1. The van der Waals surface area contributed by atoms with E-state index < -0.39 is 47.1 Å². The Balaban J connectivity index is 1.44. The van der Waals surface area contributed by atoms with Crippen molar-refractivity contribution in [1.82, 2.24) is 0 Å². The zero-order valence-corrected chi connectivity index (χ0v) is 25.1. The first kappa shape index (κ1) is 31.1. The number of nitrogens with zero attached hydrogens (tertiary/aromatic N) is 1. The third-order valence-corrected chi connectivity index (χ3v) is 8.89. The molecular weight excluding hydrogens is 598 g/mol. The van der Waals surface area contributed by atoms with Crippen LogP contribution >= 0.6 is 0 Å². The lowest BCUT2D eigenvalue weighted by molar-refractivity contribution is -0.138. The summed E-state index contributed by atoms with van der Waals surface area (Å²) in [4.78, 5) is 29.9. The molecule has 0 radical (unpaired) electrons. The number of carbonyl (C=O) groups is 2. The minimum atomic E-state index is -4.84. The molecule has 1 fully saturated rings. The lowest BCUT2D eigenvalue weighted by atomic mass is 9.80. The quantitative estimate of drug-likeness (QED) is 0.147. The van der Waals surface area contributed by atoms with Gasteiger partial charge in [0.05, 0.1) is 23.1 Å². The Hall–Kier alpha value is -4.86. The Morgan fingerprint density at radius 2 is 1.59 bits per heavy atom. The number of aryl methyl sites for hydroxylation is 1. The number of alkyl halides is 3. The number of hydrogen-bond donors (Lipinski definition) is 3. The van der Waals surface area contributed by atoms with Gasteiger partial charge in [-0.2, -0.15) is 13.2 Å². The number of para-hydroxylation sites is 1. The van der Waals surface area contributed by atoms with Gasteiger partial charge in [-0.1, -0.05) is 55.3 Å². The van der Waals surface area contributed by atoms with Crippen molar-refractivity contribution in [3.8, 4) is 5.75 Å². The molecule has 2 atom stereocenters. The van der Waals surface area contributed by atoms with E-state index in [2.05, 4.69) is 10.6 Å². The van der Waals surface area contributed by atoms with Gasteiger partial charge in [0, 0.05) is 23.1 Å². The van der Waals surface area contributed by atoms with Gasteiger partial charge in [-0.05, 0) is 85.3 Å². The van der Waals surface area contributed by atoms with E-state index >= 15 is 4.39 Å². The van der Waals surface area contributed by atoms with Gasteiger partial charge >= 0.3 is 6.18 Å². The number of amides is 2. The lowest BCUT2D eigenvalue weighted by Gasteiger charge is -2.42. The second kappa shape index (κ2) is 12.5. The highest BCUT2D eigenvalue weighted by Crippen LogP contribution is 2.45. The topological polar surface area (TPSA) is 81.7 Å². The molecule has 6 rings (SSSR count). The number of carbonyl (C=O) groups excluding carboxylic acids is 2. The van der Waals surface area contributed by atoms with Crippen LogP contribution < -0.4 is 15.5 Å². The van der Waals surface area contributed by atoms with Crippen molar-refractivity contribution >= 4 is 28.9 Å². The molecule has 238 valence electrons. The van der Waals surface area contributed by atoms with Crippen LogP contribution in [0.3, 0.4) is 0 Å². The molecular formula is C36H33F4N3O3. The summed E-state index contributed by atoms with van der Waals surface area (Å²) < 4.78 is 55.9. The lowest BCUT2D eigenvalue weighted by Crippen LogP contribution is -2.47. The minimum absolute atomic E-state index is 0.128. The van der Waals surface area contributed by atoms with Crippen LogP contribution in [0.5, 0.6) is 5.75 Å². The van der Waals surface area contributed by atoms with E-state index in [9.17, 15) is 27.9 Å². The molecule has 1 saturated carbocycles. The summed E-state index contributed by atoms with van der Waals surface area (Å²) in [7, 11) is 0. The van der Waals surface area contributed by atoms with Gasteiger partial charge in [-0.25, -0.2) is 4.39 Å². The Morgan fingerprint density at radius 1 is 0.891 bits per heavy atom. The fourth-order valence-corrected chi connectivity index (χ4v) is 6.63. The first-order valence-electron chi connectivity index (χ1n) is 15.3. The number of nitrogens with one attached hydrogen (secondary N) is 2. The van der Waals surface area contributed by atoms with E-state index in [0.717, 1.165) is 37.4 Å². The number of benzene rings is 4. The Bertz CT molecular complexity index is 1750. The van der Waals surface area contributed by atoms with Gasteiger partial charge in [-0.3, -0.25) is 14.5 Å². The summed E-state index contributed by atoms with van der Waals surface area (Å²) in [5, 5.41) is 15.9. The molecule has 2 amide bonds. The fraction of sp³-hybridized carbons (Fsp3) is 0.278. The number of fused-ring (bicyclic) bond motifs is 1. The molecule has 46 heavy (non-hydrogen) atoms. The molecule has 6 nitrogen and oxygen atoms in total. The van der Waals surface area contributed by atoms with Crippen LogP contribution in [0.2, 0.25) is 0 Å². The maximum Gasteiger partial charge on any atom is 0.420 e. The normalized spacial score (nSPS) is 18.2. The van der Waals surface area contributed by atoms with E-state index in [-0.39, 0.29) is 17.7 Å². The molecule has 2 aliphatic rings. The summed E-state index contributed by atoms with van der Waals surface area (Å²) in [5.41, 5.74) is 1.52. The predicted molar refractivity (Wildman–Crippen MR) is 168 cm³/mol. The molecule has 3 N–H and O–H groups in total. The highest BCUT2D eigenvalue weighted by atomic mass is 19.4. The van der Waals surface area contributed by atoms with Crippen molar-refractivity contribution in [2.45, 2.75) is 57.3 Å². The summed E-state index contributed by atoms with van der Waals surface area (Å²) in [6.07, 6.45) is -0.217. The predicted octanol–water partition coefficient (Wildman–Crippen LogP) is 8.41. The molecule has 0 spiro atoms. The number of hydrogen-bond acceptors (Lipinski definition) is 4. The molecule has 4 aromatic rings. The van der Waals surface area contributed by atoms with Crippen LogP contribution in [0.4, 0.5) is 34.6 Å². The second-order valence-electron chi connectivity index (χ2n) is 12.0. The minimum Gasteiger partial charge on any atom is -0.507 e. The molecule has 0 saturated heterocycles. The van der Waals surface area contributed by atoms with Crippen LogP contribution in [0, 0.1) is 18.7 Å². The molecule has 4 aromatic carbocycles. The third-order valence-electron chi connectivity index (χ3n) is 8.89. The molecule has 1 aliphatic heterocycles. The van der Waals surface area contributed by atoms with Crippen LogP contribution in [0.25, 0.3) is 0 Å². The molecule has 1 aliphatic carbocycles. The van der Waals surface area contributed by atoms with Gasteiger partial charge in [0.25, 0.3) is 5.91 Å². The number of aromatic hydroxyl groups is 1. The zero-order valence-electron chi connectivity index (χ0n) is 25.1. The second-order valence-corrected chi connectivity index (χ2v) is 12.0. The molecule has 0 aromatic heterocycles. The van der Waals surface area contributed by atoms with E-state index in [1.807, 2.05) is 24.3 Å². The van der Waals surface area contributed by atoms with Crippen LogP contribution in [-0.2, 0) is 17.4 Å². The van der Waals surface area contributed by atoms with Crippen molar-refractivity contribution in [3.05, 3.63) is 119 Å². The number of anilines is 3. The Labute approximate surface area is 264 Å². The Kier molecular flexibility index (Phi) is 8.46. The van der Waals surface area contributed by atoms with Crippen LogP contribution in [0.15, 0.2) is 84.9 Å². The maximum atomic E-state index is 15.3. The van der Waals surface area contributed by atoms with Gasteiger partial charge < -0.3 is 15.7 Å². The summed E-state index contributed by atoms with van der Waals surface area (Å²) in [6.45, 7) is 1.64. The largest absolute Gasteiger partial charge is 0.507 e. The van der Waals surface area contributed by atoms with Crippen LogP contribution in [0.1, 0.15) is 64.3 Å². The fourth-order valence-electron chi connectivity index (χ4n) is 6.63. The Morgan fingerprint density at radius 3 is 2.28 bits per heavy atom. The van der Waals surface area contributed by atoms with E-state index in [1.165, 1.54) is 23.1 Å². The molecule has 10 heteroatoms. The SMILES string of the molecule is Cc1cccc(F)c1C(=O)N1c2ccccc2C[C@H](C(=O)Nc2ccc(O)c(C(F)(F)F)c2)[C@@H]1c1ccc(NC2CCCC2)cc1. The van der Waals surface area contributed by atoms with E-state index in [1.54, 1.807) is 37.3 Å². The van der Waals surface area contributed by atoms with Crippen molar-refractivity contribution in [3.63, 3.8) is 0 Å². The average molecular weight is 632 g/mol. The van der Waals surface area contributed by atoms with E-state index in [0.29, 0.717) is 34.5 Å². The number of phenols is 1. The summed E-state index contributed by atoms with van der Waals surface area (Å²) in [5.74, 6) is -3.90. The molecule has 0 unspecified atom stereocenters. The van der Waals surface area contributed by atoms with E-state index in [4.69, 9.17) is 0 Å². The highest BCUT2D eigenvalue weighted by Gasteiger charge is 2.43. The van der Waals surface area contributed by atoms with Crippen molar-refractivity contribution in [2.24, 2.45) is 5.92 Å². The molecule has 1 heterocycles. The third kappa shape index (κ3) is 6.16. The van der Waals surface area contributed by atoms with Gasteiger partial charge in [-0.15, -0.1) is 0 Å². The monoisotopic (exact) mass is 631 g/mol. The molecule has 0 bridgehead atoms. The van der Waals surface area contributed by atoms with Gasteiger partial charge in [0.2, 0.25) is 5.91 Å².